The van der Waals surface area contributed by atoms with Gasteiger partial charge in [-0.25, -0.2) is 9.97 Å². The summed E-state index contributed by atoms with van der Waals surface area (Å²) in [5.74, 6) is 0.735. The van der Waals surface area contributed by atoms with E-state index >= 15 is 0 Å². The number of pyridine rings is 2. The van der Waals surface area contributed by atoms with E-state index < -0.39 is 0 Å². The molecule has 4 aromatic rings. The molecule has 1 aromatic carbocycles. The standard InChI is InChI=1S/C17H13N3S/c18-16-11-6-2-1-5-10(11)15-14(20-16)12-8-9-4-3-7-13(9)19-17(12)21-15/h1-2,5-6,8H,3-4,7H2,(H2,18,20)/p+1. The number of nitrogens with one attached hydrogen (secondary N) is 1. The van der Waals surface area contributed by atoms with Crippen molar-refractivity contribution >= 4 is 48.4 Å². The molecule has 0 radical (unpaired) electrons. The van der Waals surface area contributed by atoms with Crippen molar-refractivity contribution in [1.29, 1.82) is 0 Å². The fourth-order valence-corrected chi connectivity index (χ4v) is 4.58. The lowest BCUT2D eigenvalue weighted by molar-refractivity contribution is -0.323. The molecular formula is C17H14N3S+. The molecule has 0 fully saturated rings. The summed E-state index contributed by atoms with van der Waals surface area (Å²) < 4.78 is 1.26. The second-order valence-corrected chi connectivity index (χ2v) is 6.69. The largest absolute Gasteiger partial charge is 0.287 e. The van der Waals surface area contributed by atoms with Gasteiger partial charge in [-0.15, -0.1) is 11.3 Å². The van der Waals surface area contributed by atoms with Crippen LogP contribution < -0.4 is 10.7 Å². The van der Waals surface area contributed by atoms with E-state index in [1.165, 1.54) is 33.2 Å². The monoisotopic (exact) mass is 292 g/mol. The number of rotatable bonds is 0. The summed E-state index contributed by atoms with van der Waals surface area (Å²) in [4.78, 5) is 9.41. The van der Waals surface area contributed by atoms with Gasteiger partial charge in [-0.2, -0.15) is 0 Å². The number of aryl methyl sites for hydroxylation is 2. The van der Waals surface area contributed by atoms with Crippen LogP contribution in [0.1, 0.15) is 17.7 Å². The molecule has 3 aromatic heterocycles. The Hall–Kier alpha value is -2.20. The fourth-order valence-electron chi connectivity index (χ4n) is 3.41. The molecule has 0 bridgehead atoms. The van der Waals surface area contributed by atoms with Crippen LogP contribution >= 0.6 is 11.3 Å². The maximum atomic E-state index is 6.21. The number of nitrogens with zero attached hydrogens (tertiary/aromatic N) is 1. The van der Waals surface area contributed by atoms with Crippen LogP contribution in [0.4, 0.5) is 5.82 Å². The minimum absolute atomic E-state index is 0.735. The molecule has 3 N–H and O–H groups in total. The predicted octanol–water partition coefficient (Wildman–Crippen LogP) is 3.49. The van der Waals surface area contributed by atoms with Gasteiger partial charge in [0, 0.05) is 11.1 Å². The lowest BCUT2D eigenvalue weighted by atomic mass is 10.1. The van der Waals surface area contributed by atoms with Crippen molar-refractivity contribution in [1.82, 2.24) is 4.98 Å². The van der Waals surface area contributed by atoms with Crippen molar-refractivity contribution in [2.24, 2.45) is 0 Å². The van der Waals surface area contributed by atoms with Crippen molar-refractivity contribution < 1.29 is 4.98 Å². The van der Waals surface area contributed by atoms with Gasteiger partial charge in [-0.05, 0) is 37.0 Å². The van der Waals surface area contributed by atoms with Gasteiger partial charge in [0.1, 0.15) is 4.83 Å². The zero-order valence-electron chi connectivity index (χ0n) is 11.4. The molecule has 0 saturated carbocycles. The Morgan fingerprint density at radius 3 is 2.86 bits per heavy atom. The number of anilines is 1. The maximum Gasteiger partial charge on any atom is 0.278 e. The third-order valence-electron chi connectivity index (χ3n) is 4.43. The van der Waals surface area contributed by atoms with E-state index in [1.54, 1.807) is 11.3 Å². The average Bonchev–Trinajstić information content (AvgIpc) is 3.09. The molecule has 0 saturated heterocycles. The lowest BCUT2D eigenvalue weighted by Gasteiger charge is -1.99. The molecule has 5 rings (SSSR count). The van der Waals surface area contributed by atoms with Crippen molar-refractivity contribution in [3.8, 4) is 0 Å². The first-order chi connectivity index (χ1) is 10.3. The van der Waals surface area contributed by atoms with Crippen LogP contribution in [0.2, 0.25) is 0 Å². The molecule has 3 heterocycles. The smallest absolute Gasteiger partial charge is 0.278 e. The molecule has 1 aliphatic rings. The van der Waals surface area contributed by atoms with Crippen LogP contribution in [0.15, 0.2) is 30.3 Å². The average molecular weight is 292 g/mol. The summed E-state index contributed by atoms with van der Waals surface area (Å²) in [6.45, 7) is 0. The number of H-pyrrole nitrogens is 1. The van der Waals surface area contributed by atoms with E-state index in [0.717, 1.165) is 34.4 Å². The summed E-state index contributed by atoms with van der Waals surface area (Å²) in [5.41, 5.74) is 10.0. The lowest BCUT2D eigenvalue weighted by Crippen LogP contribution is -2.11. The van der Waals surface area contributed by atoms with E-state index in [0.29, 0.717) is 0 Å². The first kappa shape index (κ1) is 11.5. The summed E-state index contributed by atoms with van der Waals surface area (Å²) in [6.07, 6.45) is 3.50. The topological polar surface area (TPSA) is 53.0 Å². The van der Waals surface area contributed by atoms with E-state index in [2.05, 4.69) is 29.2 Å². The number of aromatic nitrogens is 2. The van der Waals surface area contributed by atoms with Crippen LogP contribution in [0, 0.1) is 0 Å². The maximum absolute atomic E-state index is 6.21. The van der Waals surface area contributed by atoms with Crippen LogP contribution in [-0.4, -0.2) is 4.98 Å². The van der Waals surface area contributed by atoms with Crippen molar-refractivity contribution in [3.63, 3.8) is 0 Å². The summed E-state index contributed by atoms with van der Waals surface area (Å²) in [7, 11) is 0. The molecule has 21 heavy (non-hydrogen) atoms. The highest BCUT2D eigenvalue weighted by Gasteiger charge is 2.20. The van der Waals surface area contributed by atoms with Gasteiger partial charge in [-0.1, -0.05) is 18.2 Å². The van der Waals surface area contributed by atoms with Crippen LogP contribution in [-0.2, 0) is 12.8 Å². The molecule has 0 aliphatic heterocycles. The van der Waals surface area contributed by atoms with Crippen molar-refractivity contribution in [3.05, 3.63) is 41.6 Å². The Morgan fingerprint density at radius 1 is 1.10 bits per heavy atom. The number of benzene rings is 1. The summed E-state index contributed by atoms with van der Waals surface area (Å²) in [6, 6.07) is 10.6. The number of aromatic amines is 1. The highest BCUT2D eigenvalue weighted by atomic mass is 32.1. The Kier molecular flexibility index (Phi) is 2.14. The van der Waals surface area contributed by atoms with Crippen LogP contribution in [0.25, 0.3) is 31.2 Å². The normalized spacial score (nSPS) is 14.3. The van der Waals surface area contributed by atoms with Crippen LogP contribution in [0.5, 0.6) is 0 Å². The molecule has 0 atom stereocenters. The second-order valence-electron chi connectivity index (χ2n) is 5.69. The zero-order chi connectivity index (χ0) is 14.0. The molecule has 1 aliphatic carbocycles. The first-order valence-corrected chi connectivity index (χ1v) is 8.07. The fraction of sp³-hybridized carbons (Fsp3) is 0.176. The van der Waals surface area contributed by atoms with Crippen LogP contribution in [0.3, 0.4) is 0 Å². The third kappa shape index (κ3) is 1.48. The van der Waals surface area contributed by atoms with Crippen molar-refractivity contribution in [2.45, 2.75) is 19.3 Å². The SMILES string of the molecule is Nc1[nH+]c2c3cc4c(nc3sc2c2ccccc12)CCC4. The number of hydrogen-bond donors (Lipinski definition) is 1. The van der Waals surface area contributed by atoms with Gasteiger partial charge in [-0.3, -0.25) is 5.73 Å². The molecule has 0 amide bonds. The van der Waals surface area contributed by atoms with Gasteiger partial charge in [0.05, 0.1) is 15.5 Å². The zero-order valence-corrected chi connectivity index (χ0v) is 12.3. The minimum Gasteiger partial charge on any atom is -0.287 e. The summed E-state index contributed by atoms with van der Waals surface area (Å²) >= 11 is 1.77. The molecule has 4 heteroatoms. The highest BCUT2D eigenvalue weighted by molar-refractivity contribution is 7.26. The number of fused-ring (bicyclic) bond motifs is 6. The minimum atomic E-state index is 0.735. The Balaban J connectivity index is 2.01. The molecule has 3 nitrogen and oxygen atoms in total. The quantitative estimate of drug-likeness (QED) is 0.539. The Morgan fingerprint density at radius 2 is 1.95 bits per heavy atom. The first-order valence-electron chi connectivity index (χ1n) is 7.26. The van der Waals surface area contributed by atoms with Gasteiger partial charge < -0.3 is 0 Å². The number of hydrogen-bond acceptors (Lipinski definition) is 3. The van der Waals surface area contributed by atoms with E-state index in [1.807, 2.05) is 6.07 Å². The van der Waals surface area contributed by atoms with Gasteiger partial charge in [0.15, 0.2) is 5.52 Å². The second kappa shape index (κ2) is 3.92. The number of nitrogens with two attached hydrogens (primary N) is 1. The molecule has 0 unspecified atom stereocenters. The molecular weight excluding hydrogens is 278 g/mol. The van der Waals surface area contributed by atoms with Gasteiger partial charge in [0.2, 0.25) is 0 Å². The third-order valence-corrected chi connectivity index (χ3v) is 5.57. The summed E-state index contributed by atoms with van der Waals surface area (Å²) in [5, 5.41) is 3.52. The van der Waals surface area contributed by atoms with Crippen molar-refractivity contribution in [2.75, 3.05) is 5.73 Å². The van der Waals surface area contributed by atoms with E-state index in [4.69, 9.17) is 10.7 Å². The number of thiophene rings is 1. The van der Waals surface area contributed by atoms with Gasteiger partial charge >= 0.3 is 0 Å². The molecule has 0 spiro atoms. The van der Waals surface area contributed by atoms with E-state index in [-0.39, 0.29) is 0 Å². The van der Waals surface area contributed by atoms with E-state index in [9.17, 15) is 0 Å². The van der Waals surface area contributed by atoms with Gasteiger partial charge in [0.25, 0.3) is 5.82 Å². The number of nitrogen functional groups attached to an aromatic ring is 1. The predicted molar refractivity (Wildman–Crippen MR) is 87.6 cm³/mol. The highest BCUT2D eigenvalue weighted by Crippen LogP contribution is 2.37. The Labute approximate surface area is 125 Å². The Bertz CT molecular complexity index is 1030. The molecule has 102 valence electrons.